The first-order valence-electron chi connectivity index (χ1n) is 14.9. The van der Waals surface area contributed by atoms with Gasteiger partial charge in [0.2, 0.25) is 0 Å². The van der Waals surface area contributed by atoms with Crippen molar-refractivity contribution >= 4 is 10.8 Å². The van der Waals surface area contributed by atoms with Crippen LogP contribution >= 0.6 is 0 Å². The fourth-order valence-electron chi connectivity index (χ4n) is 5.70. The number of unbranched alkanes of at least 4 members (excludes halogenated alkanes) is 1. The van der Waals surface area contributed by atoms with Crippen LogP contribution in [0.1, 0.15) is 29.5 Å². The lowest BCUT2D eigenvalue weighted by Gasteiger charge is -2.36. The number of fused-ring (bicyclic) bond motifs is 1. The van der Waals surface area contributed by atoms with Gasteiger partial charge in [0, 0.05) is 30.0 Å². The summed E-state index contributed by atoms with van der Waals surface area (Å²) in [5.74, 6) is 3.31. The summed E-state index contributed by atoms with van der Waals surface area (Å²) in [6, 6.07) is 39.0. The lowest BCUT2D eigenvalue weighted by Crippen LogP contribution is -2.33. The van der Waals surface area contributed by atoms with Gasteiger partial charge in [-0.1, -0.05) is 78.9 Å². The highest BCUT2D eigenvalue weighted by Gasteiger charge is 2.37. The number of rotatable bonds is 13. The van der Waals surface area contributed by atoms with Gasteiger partial charge in [0.25, 0.3) is 0 Å². The van der Waals surface area contributed by atoms with Crippen LogP contribution in [0.2, 0.25) is 0 Å². The third-order valence-electron chi connectivity index (χ3n) is 7.93. The molecule has 6 nitrogen and oxygen atoms in total. The molecule has 0 fully saturated rings. The normalized spacial score (nSPS) is 11.4. The van der Waals surface area contributed by atoms with Gasteiger partial charge in [-0.15, -0.1) is 0 Å². The molecule has 0 aliphatic carbocycles. The van der Waals surface area contributed by atoms with Gasteiger partial charge in [0.1, 0.15) is 28.7 Å². The van der Waals surface area contributed by atoms with Crippen LogP contribution in [0, 0.1) is 0 Å². The maximum atomic E-state index is 6.97. The maximum Gasteiger partial charge on any atom is 0.143 e. The number of imidazole rings is 1. The second-order valence-corrected chi connectivity index (χ2v) is 10.5. The molecule has 0 unspecified atom stereocenters. The predicted molar refractivity (Wildman–Crippen MR) is 175 cm³/mol. The van der Waals surface area contributed by atoms with Gasteiger partial charge in [-0.2, -0.15) is 0 Å². The zero-order chi connectivity index (χ0) is 30.2. The maximum absolute atomic E-state index is 6.97. The van der Waals surface area contributed by atoms with Crippen LogP contribution in [0.15, 0.2) is 128 Å². The summed E-state index contributed by atoms with van der Waals surface area (Å²) in [7, 11) is 3.36. The molecule has 0 saturated heterocycles. The fraction of sp³-hybridized carbons (Fsp3) is 0.184. The first-order valence-corrected chi connectivity index (χ1v) is 14.9. The Hall–Kier alpha value is -5.07. The average molecular weight is 585 g/mol. The minimum atomic E-state index is -0.821. The SMILES string of the molecule is COc1ccc(C(OCCCCOc2ccc(-c3ncc[nH]3)c3ccccc23)(c2ccccc2)c2ccc(OC)cc2)cc1. The second-order valence-electron chi connectivity index (χ2n) is 10.5. The topological polar surface area (TPSA) is 65.6 Å². The number of nitrogens with zero attached hydrogens (tertiary/aromatic N) is 1. The molecule has 0 aliphatic rings. The van der Waals surface area contributed by atoms with Gasteiger partial charge >= 0.3 is 0 Å². The van der Waals surface area contributed by atoms with E-state index in [1.54, 1.807) is 20.4 Å². The first kappa shape index (κ1) is 29.0. The summed E-state index contributed by atoms with van der Waals surface area (Å²) in [4.78, 5) is 7.65. The number of methoxy groups -OCH3 is 2. The average Bonchev–Trinajstić information content (AvgIpc) is 3.64. The zero-order valence-electron chi connectivity index (χ0n) is 25.0. The summed E-state index contributed by atoms with van der Waals surface area (Å²) in [5, 5.41) is 2.18. The molecule has 0 spiro atoms. The molecule has 0 amide bonds. The minimum Gasteiger partial charge on any atom is -0.497 e. The molecule has 222 valence electrons. The smallest absolute Gasteiger partial charge is 0.143 e. The summed E-state index contributed by atoms with van der Waals surface area (Å²) in [6.45, 7) is 1.12. The van der Waals surface area contributed by atoms with Gasteiger partial charge in [-0.3, -0.25) is 0 Å². The molecule has 0 atom stereocenters. The van der Waals surface area contributed by atoms with Crippen molar-refractivity contribution in [2.45, 2.75) is 18.4 Å². The van der Waals surface area contributed by atoms with E-state index in [-0.39, 0.29) is 0 Å². The van der Waals surface area contributed by atoms with E-state index in [9.17, 15) is 0 Å². The number of hydrogen-bond acceptors (Lipinski definition) is 5. The van der Waals surface area contributed by atoms with E-state index in [2.05, 4.69) is 76.7 Å². The van der Waals surface area contributed by atoms with E-state index in [4.69, 9.17) is 18.9 Å². The van der Waals surface area contributed by atoms with Crippen molar-refractivity contribution in [3.63, 3.8) is 0 Å². The highest BCUT2D eigenvalue weighted by atomic mass is 16.5. The van der Waals surface area contributed by atoms with Crippen LogP contribution in [0.5, 0.6) is 17.2 Å². The Kier molecular flexibility index (Phi) is 8.90. The fourth-order valence-corrected chi connectivity index (χ4v) is 5.70. The number of ether oxygens (including phenoxy) is 4. The second kappa shape index (κ2) is 13.5. The Morgan fingerprint density at radius 1 is 0.614 bits per heavy atom. The molecule has 5 aromatic carbocycles. The van der Waals surface area contributed by atoms with Gasteiger partial charge < -0.3 is 23.9 Å². The summed E-state index contributed by atoms with van der Waals surface area (Å²) >= 11 is 0. The Morgan fingerprint density at radius 2 is 1.20 bits per heavy atom. The Bertz CT molecular complexity index is 1720. The minimum absolute atomic E-state index is 0.536. The van der Waals surface area contributed by atoms with E-state index < -0.39 is 5.60 Å². The van der Waals surface area contributed by atoms with E-state index in [0.29, 0.717) is 13.2 Å². The molecule has 6 heteroatoms. The van der Waals surface area contributed by atoms with Crippen LogP contribution in [0.3, 0.4) is 0 Å². The molecule has 1 heterocycles. The number of benzene rings is 5. The standard InChI is InChI=1S/C38H36N2O4/c1-41-31-18-14-29(15-19-31)38(28-10-4-3-5-11-28,30-16-20-32(42-2)21-17-30)44-27-9-8-26-43-36-23-22-35(37-39-24-25-40-37)33-12-6-7-13-34(33)36/h3-7,10-25H,8-9,26-27H2,1-2H3,(H,39,40). The number of aromatic nitrogens is 2. The van der Waals surface area contributed by atoms with Crippen LogP contribution < -0.4 is 14.2 Å². The van der Waals surface area contributed by atoms with Crippen molar-refractivity contribution in [1.82, 2.24) is 9.97 Å². The van der Waals surface area contributed by atoms with Crippen LogP contribution in [0.4, 0.5) is 0 Å². The van der Waals surface area contributed by atoms with Crippen molar-refractivity contribution in [2.24, 2.45) is 0 Å². The molecule has 6 aromatic rings. The number of hydrogen-bond donors (Lipinski definition) is 1. The van der Waals surface area contributed by atoms with Crippen LogP contribution in [0.25, 0.3) is 22.2 Å². The molecule has 0 bridgehead atoms. The Labute approximate surface area is 258 Å². The summed E-state index contributed by atoms with van der Waals surface area (Å²) < 4.78 is 24.2. The predicted octanol–water partition coefficient (Wildman–Crippen LogP) is 8.41. The van der Waals surface area contributed by atoms with Gasteiger partial charge in [0.15, 0.2) is 0 Å². The van der Waals surface area contributed by atoms with Crippen molar-refractivity contribution in [3.8, 4) is 28.6 Å². The van der Waals surface area contributed by atoms with Gasteiger partial charge in [-0.05, 0) is 71.3 Å². The van der Waals surface area contributed by atoms with E-state index >= 15 is 0 Å². The third kappa shape index (κ3) is 5.90. The monoisotopic (exact) mass is 584 g/mol. The Morgan fingerprint density at radius 3 is 1.82 bits per heavy atom. The molecular formula is C38H36N2O4. The quantitative estimate of drug-likeness (QED) is 0.109. The highest BCUT2D eigenvalue weighted by molar-refractivity contribution is 5.98. The third-order valence-corrected chi connectivity index (χ3v) is 7.93. The molecule has 1 N–H and O–H groups in total. The van der Waals surface area contributed by atoms with Crippen molar-refractivity contribution < 1.29 is 18.9 Å². The van der Waals surface area contributed by atoms with Gasteiger partial charge in [0.05, 0.1) is 20.8 Å². The molecule has 6 rings (SSSR count). The van der Waals surface area contributed by atoms with Gasteiger partial charge in [-0.25, -0.2) is 4.98 Å². The highest BCUT2D eigenvalue weighted by Crippen LogP contribution is 2.42. The van der Waals surface area contributed by atoms with Crippen LogP contribution in [-0.4, -0.2) is 37.4 Å². The lowest BCUT2D eigenvalue weighted by atomic mass is 9.80. The summed E-state index contributed by atoms with van der Waals surface area (Å²) in [6.07, 6.45) is 5.27. The van der Waals surface area contributed by atoms with Crippen LogP contribution in [-0.2, 0) is 10.3 Å². The molecule has 0 radical (unpaired) electrons. The summed E-state index contributed by atoms with van der Waals surface area (Å²) in [5.41, 5.74) is 3.33. The molecule has 0 saturated carbocycles. The Balaban J connectivity index is 1.21. The zero-order valence-corrected chi connectivity index (χ0v) is 25.0. The largest absolute Gasteiger partial charge is 0.497 e. The molecular weight excluding hydrogens is 548 g/mol. The lowest BCUT2D eigenvalue weighted by molar-refractivity contribution is 0.00965. The number of H-pyrrole nitrogens is 1. The number of aromatic amines is 1. The van der Waals surface area contributed by atoms with Crippen molar-refractivity contribution in [1.29, 1.82) is 0 Å². The number of nitrogens with one attached hydrogen (secondary N) is 1. The molecule has 0 aliphatic heterocycles. The van der Waals surface area contributed by atoms with Crippen molar-refractivity contribution in [3.05, 3.63) is 144 Å². The van der Waals surface area contributed by atoms with E-state index in [1.165, 1.54) is 0 Å². The van der Waals surface area contributed by atoms with E-state index in [0.717, 1.165) is 68.9 Å². The van der Waals surface area contributed by atoms with Crippen molar-refractivity contribution in [2.75, 3.05) is 27.4 Å². The first-order chi connectivity index (χ1) is 21.7. The molecule has 44 heavy (non-hydrogen) atoms. The van der Waals surface area contributed by atoms with E-state index in [1.807, 2.05) is 54.7 Å². The molecule has 1 aromatic heterocycles.